The standard InChI is InChI=1S/C18H35F3O2S2Si/c1-17(2,3)26(4,5)23-12-9-7-6-8-11-15(18(19,20)21)16-24-13-10-14-25(16)22/h15-16H,6-14H2,1-5H3/t15-,16+,25?/m1/s1. The third-order valence-corrected chi connectivity index (χ3v) is 13.8. The molecule has 0 N–H and O–H groups in total. The molecular formula is C18H35F3O2S2Si. The van der Waals surface area contributed by atoms with Gasteiger partial charge in [0.15, 0.2) is 8.32 Å². The summed E-state index contributed by atoms with van der Waals surface area (Å²) in [5, 5.41) is 0.181. The second-order valence-electron chi connectivity index (χ2n) is 8.64. The molecule has 8 heteroatoms. The van der Waals surface area contributed by atoms with Crippen LogP contribution in [-0.2, 0) is 15.2 Å². The lowest BCUT2D eigenvalue weighted by Crippen LogP contribution is -2.40. The number of halogens is 3. The highest BCUT2D eigenvalue weighted by Gasteiger charge is 2.47. The van der Waals surface area contributed by atoms with Crippen molar-refractivity contribution < 1.29 is 21.8 Å². The van der Waals surface area contributed by atoms with E-state index in [4.69, 9.17) is 4.43 Å². The van der Waals surface area contributed by atoms with E-state index in [2.05, 4.69) is 33.9 Å². The zero-order valence-electron chi connectivity index (χ0n) is 16.8. The Morgan fingerprint density at radius 2 is 1.77 bits per heavy atom. The fraction of sp³-hybridized carbons (Fsp3) is 1.00. The summed E-state index contributed by atoms with van der Waals surface area (Å²) >= 11 is 1.25. The quantitative estimate of drug-likeness (QED) is 0.314. The summed E-state index contributed by atoms with van der Waals surface area (Å²) in [5.41, 5.74) is 0. The van der Waals surface area contributed by atoms with E-state index in [0.29, 0.717) is 24.5 Å². The van der Waals surface area contributed by atoms with E-state index >= 15 is 0 Å². The number of hydrogen-bond donors (Lipinski definition) is 0. The monoisotopic (exact) mass is 432 g/mol. The maximum atomic E-state index is 13.4. The van der Waals surface area contributed by atoms with Crippen LogP contribution in [0, 0.1) is 5.92 Å². The minimum Gasteiger partial charge on any atom is -0.417 e. The van der Waals surface area contributed by atoms with E-state index in [-0.39, 0.29) is 11.5 Å². The van der Waals surface area contributed by atoms with Gasteiger partial charge in [-0.25, -0.2) is 0 Å². The lowest BCUT2D eigenvalue weighted by atomic mass is 10.0. The van der Waals surface area contributed by atoms with Crippen LogP contribution >= 0.6 is 11.8 Å². The first-order valence-electron chi connectivity index (χ1n) is 9.56. The Kier molecular flexibility index (Phi) is 9.71. The van der Waals surface area contributed by atoms with Crippen molar-refractivity contribution in [1.82, 2.24) is 0 Å². The van der Waals surface area contributed by atoms with Crippen LogP contribution in [0.3, 0.4) is 0 Å². The molecule has 0 amide bonds. The predicted molar refractivity (Wildman–Crippen MR) is 110 cm³/mol. The van der Waals surface area contributed by atoms with Crippen LogP contribution in [0.2, 0.25) is 18.1 Å². The lowest BCUT2D eigenvalue weighted by molar-refractivity contribution is -0.172. The van der Waals surface area contributed by atoms with Crippen molar-refractivity contribution in [3.63, 3.8) is 0 Å². The van der Waals surface area contributed by atoms with E-state index in [1.165, 1.54) is 11.8 Å². The van der Waals surface area contributed by atoms with Crippen LogP contribution in [0.5, 0.6) is 0 Å². The summed E-state index contributed by atoms with van der Waals surface area (Å²) < 4.78 is 57.5. The molecular weight excluding hydrogens is 397 g/mol. The molecule has 1 heterocycles. The topological polar surface area (TPSA) is 26.3 Å². The summed E-state index contributed by atoms with van der Waals surface area (Å²) in [4.78, 5) is 0. The van der Waals surface area contributed by atoms with Gasteiger partial charge < -0.3 is 4.43 Å². The van der Waals surface area contributed by atoms with Gasteiger partial charge in [0.2, 0.25) is 0 Å². The fourth-order valence-electron chi connectivity index (χ4n) is 2.71. The van der Waals surface area contributed by atoms with Crippen molar-refractivity contribution in [2.24, 2.45) is 5.92 Å². The number of hydrogen-bond acceptors (Lipinski definition) is 3. The molecule has 26 heavy (non-hydrogen) atoms. The van der Waals surface area contributed by atoms with Gasteiger partial charge in [-0.15, -0.1) is 11.8 Å². The van der Waals surface area contributed by atoms with Gasteiger partial charge in [-0.2, -0.15) is 13.2 Å². The summed E-state index contributed by atoms with van der Waals surface area (Å²) in [7, 11) is -3.09. The highest BCUT2D eigenvalue weighted by molar-refractivity contribution is 8.11. The van der Waals surface area contributed by atoms with Crippen molar-refractivity contribution in [2.45, 2.75) is 88.2 Å². The Hall–Kier alpha value is 0.467. The highest BCUT2D eigenvalue weighted by Crippen LogP contribution is 2.41. The SMILES string of the molecule is CC(C)(C)[Si](C)(C)OCCCCCC[C@H]([C@H]1SCCCS1=O)C(F)(F)F. The van der Waals surface area contributed by atoms with Gasteiger partial charge in [-0.3, -0.25) is 4.21 Å². The van der Waals surface area contributed by atoms with Crippen LogP contribution in [0.15, 0.2) is 0 Å². The zero-order chi connectivity index (χ0) is 20.0. The first kappa shape index (κ1) is 24.5. The van der Waals surface area contributed by atoms with Crippen LogP contribution in [0.25, 0.3) is 0 Å². The van der Waals surface area contributed by atoms with E-state index < -0.39 is 35.8 Å². The molecule has 1 saturated heterocycles. The number of rotatable bonds is 9. The molecule has 1 aliphatic rings. The Morgan fingerprint density at radius 1 is 1.15 bits per heavy atom. The first-order chi connectivity index (χ1) is 11.9. The van der Waals surface area contributed by atoms with Crippen molar-refractivity contribution in [2.75, 3.05) is 18.1 Å². The van der Waals surface area contributed by atoms with Gasteiger partial charge in [0.25, 0.3) is 0 Å². The number of thioether (sulfide) groups is 1. The molecule has 156 valence electrons. The van der Waals surface area contributed by atoms with E-state index in [1.807, 2.05) is 0 Å². The Bertz CT molecular complexity index is 451. The maximum absolute atomic E-state index is 13.4. The van der Waals surface area contributed by atoms with E-state index in [1.54, 1.807) is 0 Å². The molecule has 3 atom stereocenters. The first-order valence-corrected chi connectivity index (χ1v) is 14.9. The van der Waals surface area contributed by atoms with Crippen LogP contribution in [0.4, 0.5) is 13.2 Å². The van der Waals surface area contributed by atoms with Crippen molar-refractivity contribution in [1.29, 1.82) is 0 Å². The second-order valence-corrected chi connectivity index (χ2v) is 16.7. The number of unbranched alkanes of at least 4 members (excludes halogenated alkanes) is 3. The average molecular weight is 433 g/mol. The molecule has 1 unspecified atom stereocenters. The Morgan fingerprint density at radius 3 is 2.31 bits per heavy atom. The molecule has 0 aliphatic carbocycles. The normalized spacial score (nSPS) is 23.8. The van der Waals surface area contributed by atoms with Gasteiger partial charge in [-0.05, 0) is 43.1 Å². The molecule has 0 saturated carbocycles. The van der Waals surface area contributed by atoms with Crippen molar-refractivity contribution >= 4 is 30.9 Å². The predicted octanol–water partition coefficient (Wildman–Crippen LogP) is 6.35. The summed E-state index contributed by atoms with van der Waals surface area (Å²) in [6.45, 7) is 11.7. The summed E-state index contributed by atoms with van der Waals surface area (Å²) in [6.07, 6.45) is -0.303. The molecule has 2 nitrogen and oxygen atoms in total. The molecule has 0 aromatic carbocycles. The molecule has 0 aromatic heterocycles. The second kappa shape index (κ2) is 10.3. The van der Waals surface area contributed by atoms with Gasteiger partial charge >= 0.3 is 6.18 Å². The van der Waals surface area contributed by atoms with E-state index in [9.17, 15) is 17.4 Å². The maximum Gasteiger partial charge on any atom is 0.393 e. The Balaban J connectivity index is 2.32. The molecule has 0 bridgehead atoms. The molecule has 0 radical (unpaired) electrons. The largest absolute Gasteiger partial charge is 0.417 e. The van der Waals surface area contributed by atoms with Gasteiger partial charge in [0.05, 0.1) is 10.5 Å². The van der Waals surface area contributed by atoms with Gasteiger partial charge in [0, 0.05) is 23.2 Å². The molecule has 0 spiro atoms. The van der Waals surface area contributed by atoms with Crippen molar-refractivity contribution in [3.8, 4) is 0 Å². The smallest absolute Gasteiger partial charge is 0.393 e. The van der Waals surface area contributed by atoms with Crippen LogP contribution < -0.4 is 0 Å². The lowest BCUT2D eigenvalue weighted by Gasteiger charge is -2.36. The van der Waals surface area contributed by atoms with Crippen LogP contribution in [0.1, 0.15) is 59.3 Å². The number of alkyl halides is 3. The van der Waals surface area contributed by atoms with Crippen molar-refractivity contribution in [3.05, 3.63) is 0 Å². The molecule has 0 aromatic rings. The van der Waals surface area contributed by atoms with Crippen LogP contribution in [-0.4, -0.2) is 41.4 Å². The van der Waals surface area contributed by atoms with Gasteiger partial charge in [0.1, 0.15) is 0 Å². The van der Waals surface area contributed by atoms with E-state index in [0.717, 1.165) is 25.7 Å². The molecule has 1 rings (SSSR count). The minimum absolute atomic E-state index is 0.0933. The minimum atomic E-state index is -4.25. The molecule has 1 aliphatic heterocycles. The third kappa shape index (κ3) is 7.84. The summed E-state index contributed by atoms with van der Waals surface area (Å²) in [5.74, 6) is -0.333. The molecule has 1 fully saturated rings. The summed E-state index contributed by atoms with van der Waals surface area (Å²) in [6, 6.07) is 0. The highest BCUT2D eigenvalue weighted by atomic mass is 32.2. The Labute approximate surface area is 165 Å². The zero-order valence-corrected chi connectivity index (χ0v) is 19.4. The third-order valence-electron chi connectivity index (χ3n) is 5.46. The average Bonchev–Trinajstić information content (AvgIpc) is 2.49. The fourth-order valence-corrected chi connectivity index (χ4v) is 7.55. The van der Waals surface area contributed by atoms with Gasteiger partial charge in [-0.1, -0.05) is 40.0 Å².